The molecule has 0 aliphatic carbocycles. The molecule has 0 aliphatic rings. The van der Waals surface area contributed by atoms with Crippen molar-refractivity contribution < 1.29 is 9.84 Å². The minimum atomic E-state index is -0.418. The number of nitrogens with one attached hydrogen (secondary N) is 1. The molecule has 1 aromatic rings. The van der Waals surface area contributed by atoms with Crippen LogP contribution >= 0.6 is 11.3 Å². The minimum Gasteiger partial charge on any atom is -0.389 e. The lowest BCUT2D eigenvalue weighted by Crippen LogP contribution is -2.31. The molecule has 0 saturated heterocycles. The second kappa shape index (κ2) is 9.44. The highest BCUT2D eigenvalue weighted by Gasteiger charge is 2.04. The van der Waals surface area contributed by atoms with Crippen LogP contribution in [0.5, 0.6) is 0 Å². The van der Waals surface area contributed by atoms with Crippen molar-refractivity contribution >= 4 is 11.3 Å². The predicted octanol–water partition coefficient (Wildman–Crippen LogP) is 1.76. The van der Waals surface area contributed by atoms with Crippen LogP contribution in [-0.4, -0.2) is 42.5 Å². The van der Waals surface area contributed by atoms with Crippen molar-refractivity contribution in [2.45, 2.75) is 39.2 Å². The fourth-order valence-corrected chi connectivity index (χ4v) is 2.18. The number of nitrogens with zero attached hydrogens (tertiary/aromatic N) is 1. The van der Waals surface area contributed by atoms with Gasteiger partial charge in [-0.3, -0.25) is 0 Å². The van der Waals surface area contributed by atoms with E-state index in [-0.39, 0.29) is 0 Å². The molecule has 0 radical (unpaired) electrons. The Morgan fingerprint density at radius 3 is 3.06 bits per heavy atom. The minimum absolute atomic E-state index is 0.418. The molecule has 2 N–H and O–H groups in total. The van der Waals surface area contributed by atoms with Gasteiger partial charge in [-0.25, -0.2) is 4.98 Å². The number of thiazole rings is 1. The van der Waals surface area contributed by atoms with Crippen LogP contribution in [-0.2, 0) is 11.2 Å². The summed E-state index contributed by atoms with van der Waals surface area (Å²) in [6.45, 7) is 6.72. The van der Waals surface area contributed by atoms with E-state index in [0.29, 0.717) is 13.2 Å². The number of aliphatic hydroxyl groups excluding tert-OH is 1. The zero-order chi connectivity index (χ0) is 13.2. The number of rotatable bonds is 10. The van der Waals surface area contributed by atoms with E-state index in [1.165, 1.54) is 0 Å². The lowest BCUT2D eigenvalue weighted by atomic mass is 10.3. The van der Waals surface area contributed by atoms with Crippen molar-refractivity contribution in [1.29, 1.82) is 0 Å². The van der Waals surface area contributed by atoms with E-state index in [0.717, 1.165) is 43.1 Å². The van der Waals surface area contributed by atoms with Gasteiger partial charge in [-0.1, -0.05) is 13.3 Å². The second-order valence-corrected chi connectivity index (χ2v) is 5.46. The molecule has 0 bridgehead atoms. The summed E-state index contributed by atoms with van der Waals surface area (Å²) in [5.74, 6) is 0. The van der Waals surface area contributed by atoms with Crippen LogP contribution in [0.3, 0.4) is 0 Å². The van der Waals surface area contributed by atoms with E-state index in [1.54, 1.807) is 11.3 Å². The van der Waals surface area contributed by atoms with Crippen molar-refractivity contribution in [2.75, 3.05) is 26.3 Å². The van der Waals surface area contributed by atoms with Gasteiger partial charge in [0, 0.05) is 31.5 Å². The van der Waals surface area contributed by atoms with Crippen molar-refractivity contribution in [3.8, 4) is 0 Å². The summed E-state index contributed by atoms with van der Waals surface area (Å²) in [7, 11) is 0. The molecule has 104 valence electrons. The number of hydrogen-bond acceptors (Lipinski definition) is 5. The molecule has 1 aromatic heterocycles. The third-order valence-electron chi connectivity index (χ3n) is 2.56. The first-order chi connectivity index (χ1) is 8.72. The molecule has 1 rings (SSSR count). The quantitative estimate of drug-likeness (QED) is 0.637. The Balaban J connectivity index is 1.96. The van der Waals surface area contributed by atoms with Gasteiger partial charge in [0.25, 0.3) is 0 Å². The molecule has 0 fully saturated rings. The number of aliphatic hydroxyl groups is 1. The lowest BCUT2D eigenvalue weighted by molar-refractivity contribution is 0.0360. The van der Waals surface area contributed by atoms with Crippen LogP contribution in [0.4, 0.5) is 0 Å². The molecule has 0 aromatic carbocycles. The molecule has 0 amide bonds. The van der Waals surface area contributed by atoms with E-state index in [2.05, 4.69) is 22.6 Å². The summed E-state index contributed by atoms with van der Waals surface area (Å²) in [6, 6.07) is 0. The first-order valence-electron chi connectivity index (χ1n) is 6.60. The molecule has 5 heteroatoms. The van der Waals surface area contributed by atoms with E-state index in [9.17, 15) is 5.11 Å². The van der Waals surface area contributed by atoms with Crippen molar-refractivity contribution in [1.82, 2.24) is 10.3 Å². The van der Waals surface area contributed by atoms with Crippen LogP contribution in [0.15, 0.2) is 5.38 Å². The molecule has 18 heavy (non-hydrogen) atoms. The summed E-state index contributed by atoms with van der Waals surface area (Å²) in [4.78, 5) is 4.39. The largest absolute Gasteiger partial charge is 0.389 e. The lowest BCUT2D eigenvalue weighted by Gasteiger charge is -2.11. The van der Waals surface area contributed by atoms with Crippen LogP contribution < -0.4 is 5.32 Å². The second-order valence-electron chi connectivity index (χ2n) is 4.39. The molecule has 4 nitrogen and oxygen atoms in total. The predicted molar refractivity (Wildman–Crippen MR) is 75.2 cm³/mol. The van der Waals surface area contributed by atoms with E-state index in [1.807, 2.05) is 6.92 Å². The van der Waals surface area contributed by atoms with Crippen LogP contribution in [0, 0.1) is 6.92 Å². The topological polar surface area (TPSA) is 54.4 Å². The van der Waals surface area contributed by atoms with Gasteiger partial charge in [0.2, 0.25) is 0 Å². The van der Waals surface area contributed by atoms with Gasteiger partial charge in [-0.15, -0.1) is 11.3 Å². The highest BCUT2D eigenvalue weighted by molar-refractivity contribution is 7.09. The highest BCUT2D eigenvalue weighted by atomic mass is 32.1. The zero-order valence-electron chi connectivity index (χ0n) is 11.3. The smallest absolute Gasteiger partial charge is 0.0897 e. The first kappa shape index (κ1) is 15.6. The van der Waals surface area contributed by atoms with E-state index in [4.69, 9.17) is 4.74 Å². The molecule has 0 aliphatic heterocycles. The average Bonchev–Trinajstić information content (AvgIpc) is 2.76. The normalized spacial score (nSPS) is 12.8. The monoisotopic (exact) mass is 272 g/mol. The Bertz CT molecular complexity index is 318. The molecule has 0 spiro atoms. The maximum Gasteiger partial charge on any atom is 0.0897 e. The Hall–Kier alpha value is -0.490. The fraction of sp³-hybridized carbons (Fsp3) is 0.769. The molecular weight excluding hydrogens is 248 g/mol. The number of unbranched alkanes of at least 4 members (excludes halogenated alkanes) is 1. The highest BCUT2D eigenvalue weighted by Crippen LogP contribution is 2.07. The van der Waals surface area contributed by atoms with Crippen LogP contribution in [0.25, 0.3) is 0 Å². The Labute approximate surface area is 113 Å². The Morgan fingerprint density at radius 1 is 1.56 bits per heavy atom. The number of ether oxygens (including phenoxy) is 1. The van der Waals surface area contributed by atoms with Gasteiger partial charge >= 0.3 is 0 Å². The summed E-state index contributed by atoms with van der Waals surface area (Å²) in [6.07, 6.45) is 2.68. The molecular formula is C13H24N2O2S. The van der Waals surface area contributed by atoms with Gasteiger partial charge in [0.05, 0.1) is 23.4 Å². The Kier molecular flexibility index (Phi) is 8.17. The summed E-state index contributed by atoms with van der Waals surface area (Å²) >= 11 is 1.68. The molecule has 0 saturated carbocycles. The third kappa shape index (κ3) is 7.06. The average molecular weight is 272 g/mol. The SMILES string of the molecule is CCCCOCC(O)CNCCc1csc(C)n1. The number of aromatic nitrogens is 1. The summed E-state index contributed by atoms with van der Waals surface area (Å²) in [5, 5.41) is 16.1. The first-order valence-corrected chi connectivity index (χ1v) is 7.48. The van der Waals surface area contributed by atoms with Gasteiger partial charge < -0.3 is 15.2 Å². The fourth-order valence-electron chi connectivity index (χ4n) is 1.53. The molecule has 1 atom stereocenters. The van der Waals surface area contributed by atoms with Gasteiger partial charge in [0.1, 0.15) is 0 Å². The maximum atomic E-state index is 9.65. The van der Waals surface area contributed by atoms with Crippen molar-refractivity contribution in [3.63, 3.8) is 0 Å². The van der Waals surface area contributed by atoms with Gasteiger partial charge in [-0.2, -0.15) is 0 Å². The van der Waals surface area contributed by atoms with Crippen LogP contribution in [0.1, 0.15) is 30.5 Å². The number of aryl methyl sites for hydroxylation is 1. The Morgan fingerprint density at radius 2 is 2.39 bits per heavy atom. The number of hydrogen-bond donors (Lipinski definition) is 2. The van der Waals surface area contributed by atoms with Gasteiger partial charge in [-0.05, 0) is 13.3 Å². The zero-order valence-corrected chi connectivity index (χ0v) is 12.1. The van der Waals surface area contributed by atoms with Crippen molar-refractivity contribution in [3.05, 3.63) is 16.1 Å². The van der Waals surface area contributed by atoms with Gasteiger partial charge in [0.15, 0.2) is 0 Å². The van der Waals surface area contributed by atoms with Crippen molar-refractivity contribution in [2.24, 2.45) is 0 Å². The maximum absolute atomic E-state index is 9.65. The summed E-state index contributed by atoms with van der Waals surface area (Å²) < 4.78 is 5.35. The molecule has 1 unspecified atom stereocenters. The van der Waals surface area contributed by atoms with E-state index >= 15 is 0 Å². The molecule has 1 heterocycles. The third-order valence-corrected chi connectivity index (χ3v) is 3.38. The summed E-state index contributed by atoms with van der Waals surface area (Å²) in [5.41, 5.74) is 1.12. The van der Waals surface area contributed by atoms with Crippen LogP contribution in [0.2, 0.25) is 0 Å². The standard InChI is InChI=1S/C13H24N2O2S/c1-3-4-7-17-9-13(16)8-14-6-5-12-10-18-11(2)15-12/h10,13-14,16H,3-9H2,1-2H3. The van der Waals surface area contributed by atoms with E-state index < -0.39 is 6.10 Å².